The van der Waals surface area contributed by atoms with Gasteiger partial charge in [0.05, 0.1) is 6.04 Å². The van der Waals surface area contributed by atoms with Crippen LogP contribution in [0.1, 0.15) is 47.7 Å². The van der Waals surface area contributed by atoms with Crippen molar-refractivity contribution in [2.24, 2.45) is 5.92 Å². The van der Waals surface area contributed by atoms with E-state index in [0.717, 1.165) is 36.7 Å². The number of aromatic hydroxyl groups is 1. The first kappa shape index (κ1) is 19.2. The molecule has 1 aliphatic rings. The van der Waals surface area contributed by atoms with E-state index in [1.54, 1.807) is 12.1 Å². The zero-order chi connectivity index (χ0) is 19.6. The monoisotopic (exact) mass is 365 g/mol. The van der Waals surface area contributed by atoms with Crippen LogP contribution in [-0.2, 0) is 11.2 Å². The molecule has 1 atom stereocenters. The van der Waals surface area contributed by atoms with Crippen molar-refractivity contribution in [2.45, 2.75) is 33.2 Å². The number of rotatable bonds is 5. The van der Waals surface area contributed by atoms with E-state index in [1.807, 2.05) is 25.1 Å². The van der Waals surface area contributed by atoms with Gasteiger partial charge in [0, 0.05) is 19.2 Å². The Morgan fingerprint density at radius 2 is 1.93 bits per heavy atom. The second-order valence-corrected chi connectivity index (χ2v) is 7.66. The van der Waals surface area contributed by atoms with E-state index in [-0.39, 0.29) is 6.04 Å². The first-order chi connectivity index (χ1) is 12.9. The minimum absolute atomic E-state index is 0.146. The van der Waals surface area contributed by atoms with Crippen molar-refractivity contribution < 1.29 is 15.0 Å². The van der Waals surface area contributed by atoms with Crippen LogP contribution in [0.15, 0.2) is 42.5 Å². The average Bonchev–Trinajstić information content (AvgIpc) is 2.63. The van der Waals surface area contributed by atoms with Gasteiger partial charge in [0.25, 0.3) is 0 Å². The lowest BCUT2D eigenvalue weighted by atomic mass is 9.85. The molecule has 2 aromatic carbocycles. The molecule has 4 nitrogen and oxygen atoms in total. The predicted octanol–water partition coefficient (Wildman–Crippen LogP) is 4.40. The molecule has 2 aromatic rings. The third-order valence-electron chi connectivity index (χ3n) is 5.19. The highest BCUT2D eigenvalue weighted by molar-refractivity contribution is 5.85. The molecule has 0 saturated carbocycles. The van der Waals surface area contributed by atoms with E-state index in [1.165, 1.54) is 16.7 Å². The minimum Gasteiger partial charge on any atom is -0.508 e. The Kier molecular flexibility index (Phi) is 5.66. The SMILES string of the molecule is Cc1c(O)ccc2c1CCN(CC(C)C)[C@@H]2c1ccc(/C=C/C(=O)O)cc1. The number of benzene rings is 2. The summed E-state index contributed by atoms with van der Waals surface area (Å²) >= 11 is 0. The number of aliphatic carboxylic acids is 1. The molecule has 1 heterocycles. The number of carboxylic acid groups (broad SMARTS) is 1. The summed E-state index contributed by atoms with van der Waals surface area (Å²) in [6, 6.07) is 12.1. The summed E-state index contributed by atoms with van der Waals surface area (Å²) in [7, 11) is 0. The highest BCUT2D eigenvalue weighted by Gasteiger charge is 2.30. The quantitative estimate of drug-likeness (QED) is 0.771. The molecule has 27 heavy (non-hydrogen) atoms. The molecular weight excluding hydrogens is 338 g/mol. The summed E-state index contributed by atoms with van der Waals surface area (Å²) in [6.07, 6.45) is 3.70. The van der Waals surface area contributed by atoms with Crippen LogP contribution in [0.4, 0.5) is 0 Å². The molecule has 0 fully saturated rings. The van der Waals surface area contributed by atoms with Gasteiger partial charge in [-0.2, -0.15) is 0 Å². The molecule has 0 aromatic heterocycles. The Hall–Kier alpha value is -2.59. The van der Waals surface area contributed by atoms with Gasteiger partial charge in [-0.15, -0.1) is 0 Å². The normalized spacial score (nSPS) is 17.4. The number of nitrogens with zero attached hydrogens (tertiary/aromatic N) is 1. The van der Waals surface area contributed by atoms with Crippen LogP contribution >= 0.6 is 0 Å². The smallest absolute Gasteiger partial charge is 0.328 e. The van der Waals surface area contributed by atoms with Crippen molar-refractivity contribution in [3.8, 4) is 5.75 Å². The Morgan fingerprint density at radius 1 is 1.22 bits per heavy atom. The minimum atomic E-state index is -0.946. The Morgan fingerprint density at radius 3 is 2.56 bits per heavy atom. The lowest BCUT2D eigenvalue weighted by molar-refractivity contribution is -0.131. The molecular formula is C23H27NO3. The van der Waals surface area contributed by atoms with Gasteiger partial charge < -0.3 is 10.2 Å². The number of carboxylic acids is 1. The third kappa shape index (κ3) is 4.22. The van der Waals surface area contributed by atoms with Crippen molar-refractivity contribution in [1.29, 1.82) is 0 Å². The highest BCUT2D eigenvalue weighted by atomic mass is 16.4. The zero-order valence-electron chi connectivity index (χ0n) is 16.1. The maximum absolute atomic E-state index is 10.7. The molecule has 3 rings (SSSR count). The van der Waals surface area contributed by atoms with Crippen molar-refractivity contribution in [3.63, 3.8) is 0 Å². The molecule has 0 spiro atoms. The second-order valence-electron chi connectivity index (χ2n) is 7.66. The Bertz CT molecular complexity index is 853. The fraction of sp³-hybridized carbons (Fsp3) is 0.348. The van der Waals surface area contributed by atoms with Crippen LogP contribution in [-0.4, -0.2) is 34.2 Å². The Labute approximate surface area is 160 Å². The lowest BCUT2D eigenvalue weighted by Gasteiger charge is -2.39. The second kappa shape index (κ2) is 7.97. The average molecular weight is 365 g/mol. The molecule has 1 aliphatic heterocycles. The van der Waals surface area contributed by atoms with Gasteiger partial charge in [0.2, 0.25) is 0 Å². The summed E-state index contributed by atoms with van der Waals surface area (Å²) in [6.45, 7) is 8.41. The number of phenols is 1. The van der Waals surface area contributed by atoms with E-state index < -0.39 is 5.97 Å². The van der Waals surface area contributed by atoms with Crippen molar-refractivity contribution in [1.82, 2.24) is 4.90 Å². The number of phenolic OH excluding ortho intramolecular Hbond substituents is 1. The third-order valence-corrected chi connectivity index (χ3v) is 5.19. The van der Waals surface area contributed by atoms with Gasteiger partial charge in [0.15, 0.2) is 0 Å². The van der Waals surface area contributed by atoms with E-state index in [2.05, 4.69) is 30.9 Å². The van der Waals surface area contributed by atoms with Gasteiger partial charge in [0.1, 0.15) is 5.75 Å². The van der Waals surface area contributed by atoms with E-state index in [9.17, 15) is 9.90 Å². The fourth-order valence-corrected chi connectivity index (χ4v) is 3.95. The zero-order valence-corrected chi connectivity index (χ0v) is 16.1. The first-order valence-corrected chi connectivity index (χ1v) is 9.43. The Balaban J connectivity index is 2.01. The van der Waals surface area contributed by atoms with E-state index >= 15 is 0 Å². The lowest BCUT2D eigenvalue weighted by Crippen LogP contribution is -2.38. The molecule has 2 N–H and O–H groups in total. The van der Waals surface area contributed by atoms with Gasteiger partial charge in [-0.1, -0.05) is 44.2 Å². The molecule has 0 radical (unpaired) electrons. The van der Waals surface area contributed by atoms with Crippen LogP contribution in [0.25, 0.3) is 6.08 Å². The van der Waals surface area contributed by atoms with Gasteiger partial charge in [-0.25, -0.2) is 4.79 Å². The van der Waals surface area contributed by atoms with Crippen LogP contribution in [0.3, 0.4) is 0 Å². The molecule has 0 saturated heterocycles. The summed E-state index contributed by atoms with van der Waals surface area (Å²) in [5, 5.41) is 18.9. The largest absolute Gasteiger partial charge is 0.508 e. The van der Waals surface area contributed by atoms with Gasteiger partial charge in [-0.3, -0.25) is 4.90 Å². The summed E-state index contributed by atoms with van der Waals surface area (Å²) in [5.41, 5.74) is 5.53. The predicted molar refractivity (Wildman–Crippen MR) is 108 cm³/mol. The molecule has 0 bridgehead atoms. The molecule has 0 unspecified atom stereocenters. The first-order valence-electron chi connectivity index (χ1n) is 9.43. The maximum Gasteiger partial charge on any atom is 0.328 e. The molecule has 0 aliphatic carbocycles. The summed E-state index contributed by atoms with van der Waals surface area (Å²) in [4.78, 5) is 13.2. The topological polar surface area (TPSA) is 60.8 Å². The number of carbonyl (C=O) groups is 1. The highest BCUT2D eigenvalue weighted by Crippen LogP contribution is 2.39. The van der Waals surface area contributed by atoms with Crippen LogP contribution in [0.2, 0.25) is 0 Å². The molecule has 4 heteroatoms. The number of hydrogen-bond donors (Lipinski definition) is 2. The van der Waals surface area contributed by atoms with Gasteiger partial charge in [-0.05, 0) is 59.2 Å². The number of fused-ring (bicyclic) bond motifs is 1. The van der Waals surface area contributed by atoms with Crippen LogP contribution in [0, 0.1) is 12.8 Å². The van der Waals surface area contributed by atoms with Crippen LogP contribution < -0.4 is 0 Å². The molecule has 0 amide bonds. The van der Waals surface area contributed by atoms with Crippen molar-refractivity contribution >= 4 is 12.0 Å². The maximum atomic E-state index is 10.7. The summed E-state index contributed by atoms with van der Waals surface area (Å²) in [5.74, 6) is -0.0253. The van der Waals surface area contributed by atoms with Crippen LogP contribution in [0.5, 0.6) is 5.75 Å². The van der Waals surface area contributed by atoms with Crippen molar-refractivity contribution in [2.75, 3.05) is 13.1 Å². The number of hydrogen-bond acceptors (Lipinski definition) is 3. The van der Waals surface area contributed by atoms with E-state index in [0.29, 0.717) is 11.7 Å². The van der Waals surface area contributed by atoms with Gasteiger partial charge >= 0.3 is 5.97 Å². The standard InChI is InChI=1S/C23H27NO3/c1-15(2)14-24-13-12-19-16(3)21(25)10-9-20(19)23(24)18-7-4-17(5-8-18)6-11-22(26)27/h4-11,15,23,25H,12-14H2,1-3H3,(H,26,27)/b11-6+/t23-/m1/s1. The fourth-order valence-electron chi connectivity index (χ4n) is 3.95. The van der Waals surface area contributed by atoms with E-state index in [4.69, 9.17) is 5.11 Å². The summed E-state index contributed by atoms with van der Waals surface area (Å²) < 4.78 is 0. The molecule has 142 valence electrons. The van der Waals surface area contributed by atoms with Crippen molar-refractivity contribution in [3.05, 3.63) is 70.3 Å².